The molecule has 1 unspecified atom stereocenters. The number of halogens is 4. The van der Waals surface area contributed by atoms with E-state index in [0.29, 0.717) is 24.6 Å². The van der Waals surface area contributed by atoms with Crippen LogP contribution in [0.4, 0.5) is 23.2 Å². The van der Waals surface area contributed by atoms with E-state index in [9.17, 15) is 27.2 Å². The quantitative estimate of drug-likeness (QED) is 0.583. The fraction of sp³-hybridized carbons (Fsp3) is 0.385. The number of carbonyl (C=O) groups is 2. The summed E-state index contributed by atoms with van der Waals surface area (Å²) in [5, 5.41) is 12.8. The molecule has 2 amide bonds. The van der Waals surface area contributed by atoms with Crippen LogP contribution in [0.15, 0.2) is 18.2 Å². The predicted molar refractivity (Wildman–Crippen MR) is 69.3 cm³/mol. The van der Waals surface area contributed by atoms with Crippen LogP contribution in [0.2, 0.25) is 0 Å². The summed E-state index contributed by atoms with van der Waals surface area (Å²) >= 11 is 0. The molecule has 0 aromatic heterocycles. The number of benzene rings is 1. The second kappa shape index (κ2) is 7.21. The number of amides is 2. The Labute approximate surface area is 123 Å². The van der Waals surface area contributed by atoms with Gasteiger partial charge in [-0.25, -0.2) is 4.39 Å². The smallest absolute Gasteiger partial charge is 0.394 e. The monoisotopic (exact) mass is 322 g/mol. The van der Waals surface area contributed by atoms with Gasteiger partial charge in [0.15, 0.2) is 0 Å². The molecule has 1 aromatic rings. The summed E-state index contributed by atoms with van der Waals surface area (Å²) in [7, 11) is 0. The van der Waals surface area contributed by atoms with E-state index in [1.54, 1.807) is 12.2 Å². The molecular weight excluding hydrogens is 308 g/mol. The Balaban J connectivity index is 2.86. The van der Waals surface area contributed by atoms with Crippen LogP contribution in [-0.2, 0) is 15.8 Å². The van der Waals surface area contributed by atoms with Crippen LogP contribution in [0.5, 0.6) is 0 Å². The number of hydrogen-bond acceptors (Lipinski definition) is 3. The van der Waals surface area contributed by atoms with Gasteiger partial charge in [0.1, 0.15) is 5.82 Å². The molecule has 0 aliphatic carbocycles. The number of aliphatic hydroxyl groups is 1. The van der Waals surface area contributed by atoms with Gasteiger partial charge < -0.3 is 15.7 Å². The molecule has 0 fully saturated rings. The number of nitrogens with one attached hydrogen (secondary N) is 2. The van der Waals surface area contributed by atoms with E-state index in [0.717, 1.165) is 0 Å². The van der Waals surface area contributed by atoms with Crippen LogP contribution < -0.4 is 10.6 Å². The molecule has 0 aliphatic rings. The fourth-order valence-corrected chi connectivity index (χ4v) is 1.50. The first-order valence-corrected chi connectivity index (χ1v) is 6.28. The molecular formula is C13H14F4N2O3. The summed E-state index contributed by atoms with van der Waals surface area (Å²) in [4.78, 5) is 23.0. The van der Waals surface area contributed by atoms with E-state index in [-0.39, 0.29) is 0 Å². The summed E-state index contributed by atoms with van der Waals surface area (Å²) in [6.07, 6.45) is -4.37. The van der Waals surface area contributed by atoms with Crippen LogP contribution >= 0.6 is 0 Å². The lowest BCUT2D eigenvalue weighted by Gasteiger charge is -2.14. The molecule has 1 atom stereocenters. The molecule has 122 valence electrons. The van der Waals surface area contributed by atoms with E-state index in [2.05, 4.69) is 5.32 Å². The van der Waals surface area contributed by atoms with Crippen LogP contribution in [0.1, 0.15) is 18.9 Å². The van der Waals surface area contributed by atoms with Crippen molar-refractivity contribution in [1.29, 1.82) is 0 Å². The van der Waals surface area contributed by atoms with Gasteiger partial charge in [0.2, 0.25) is 0 Å². The number of aliphatic hydroxyl groups excluding tert-OH is 1. The maximum Gasteiger partial charge on any atom is 0.416 e. The zero-order chi connectivity index (χ0) is 16.9. The molecule has 9 heteroatoms. The van der Waals surface area contributed by atoms with E-state index >= 15 is 0 Å². The minimum absolute atomic E-state index is 0.341. The van der Waals surface area contributed by atoms with E-state index in [1.165, 1.54) is 0 Å². The molecule has 1 rings (SSSR count). The first-order chi connectivity index (χ1) is 10.2. The van der Waals surface area contributed by atoms with Crippen LogP contribution in [0, 0.1) is 5.82 Å². The largest absolute Gasteiger partial charge is 0.416 e. The number of carbonyl (C=O) groups excluding carboxylic acids is 2. The van der Waals surface area contributed by atoms with Gasteiger partial charge in [-0.1, -0.05) is 6.92 Å². The van der Waals surface area contributed by atoms with E-state index in [4.69, 9.17) is 5.11 Å². The molecule has 1 aromatic carbocycles. The van der Waals surface area contributed by atoms with Crippen LogP contribution in [0.3, 0.4) is 0 Å². The third kappa shape index (κ3) is 4.69. The van der Waals surface area contributed by atoms with Crippen molar-refractivity contribution in [3.05, 3.63) is 29.6 Å². The Bertz CT molecular complexity index is 557. The Morgan fingerprint density at radius 3 is 2.41 bits per heavy atom. The fourth-order valence-electron chi connectivity index (χ4n) is 1.50. The van der Waals surface area contributed by atoms with Gasteiger partial charge in [0.05, 0.1) is 23.9 Å². The third-order valence-corrected chi connectivity index (χ3v) is 2.80. The van der Waals surface area contributed by atoms with Crippen molar-refractivity contribution >= 4 is 17.5 Å². The Hall–Kier alpha value is -2.16. The van der Waals surface area contributed by atoms with Crippen molar-refractivity contribution in [2.24, 2.45) is 0 Å². The second-order valence-electron chi connectivity index (χ2n) is 4.41. The zero-order valence-corrected chi connectivity index (χ0v) is 11.5. The van der Waals surface area contributed by atoms with Crippen molar-refractivity contribution in [1.82, 2.24) is 5.32 Å². The van der Waals surface area contributed by atoms with Gasteiger partial charge >= 0.3 is 18.0 Å². The SMILES string of the molecule is CCC(CO)NC(=O)C(=O)Nc1cc(C(F)(F)F)ccc1F. The summed E-state index contributed by atoms with van der Waals surface area (Å²) in [6.45, 7) is 1.24. The molecule has 0 aliphatic heterocycles. The maximum absolute atomic E-state index is 13.4. The highest BCUT2D eigenvalue weighted by molar-refractivity contribution is 6.39. The molecule has 0 bridgehead atoms. The van der Waals surface area contributed by atoms with Crippen LogP contribution in [0.25, 0.3) is 0 Å². The van der Waals surface area contributed by atoms with E-state index < -0.39 is 47.7 Å². The molecule has 0 saturated heterocycles. The Morgan fingerprint density at radius 2 is 1.91 bits per heavy atom. The molecule has 22 heavy (non-hydrogen) atoms. The number of anilines is 1. The van der Waals surface area contributed by atoms with Crippen LogP contribution in [-0.4, -0.2) is 29.6 Å². The normalized spacial score (nSPS) is 12.6. The minimum atomic E-state index is -4.71. The second-order valence-corrected chi connectivity index (χ2v) is 4.41. The highest BCUT2D eigenvalue weighted by atomic mass is 19.4. The zero-order valence-electron chi connectivity index (χ0n) is 11.5. The number of alkyl halides is 3. The number of rotatable bonds is 4. The first-order valence-electron chi connectivity index (χ1n) is 6.28. The third-order valence-electron chi connectivity index (χ3n) is 2.80. The lowest BCUT2D eigenvalue weighted by molar-refractivity contribution is -0.137. The first kappa shape index (κ1) is 17.9. The molecule has 0 spiro atoms. The van der Waals surface area contributed by atoms with Crippen molar-refractivity contribution in [3.63, 3.8) is 0 Å². The topological polar surface area (TPSA) is 78.4 Å². The van der Waals surface area contributed by atoms with Gasteiger partial charge in [-0.15, -0.1) is 0 Å². The number of hydrogen-bond donors (Lipinski definition) is 3. The standard InChI is InChI=1S/C13H14F4N2O3/c1-2-8(6-20)18-11(21)12(22)19-10-5-7(13(15,16)17)3-4-9(10)14/h3-5,8,20H,2,6H2,1H3,(H,18,21)(H,19,22). The summed E-state index contributed by atoms with van der Waals surface area (Å²) in [6, 6.07) is 0.775. The van der Waals surface area contributed by atoms with E-state index in [1.807, 2.05) is 0 Å². The van der Waals surface area contributed by atoms with Gasteiger partial charge in [0.25, 0.3) is 0 Å². The van der Waals surface area contributed by atoms with Crippen molar-refractivity contribution in [2.75, 3.05) is 11.9 Å². The van der Waals surface area contributed by atoms with Gasteiger partial charge in [-0.3, -0.25) is 9.59 Å². The lowest BCUT2D eigenvalue weighted by atomic mass is 10.2. The van der Waals surface area contributed by atoms with Crippen molar-refractivity contribution < 1.29 is 32.3 Å². The molecule has 0 heterocycles. The Morgan fingerprint density at radius 1 is 1.27 bits per heavy atom. The van der Waals surface area contributed by atoms with Gasteiger partial charge in [-0.2, -0.15) is 13.2 Å². The average Bonchev–Trinajstić information content (AvgIpc) is 2.45. The molecule has 5 nitrogen and oxygen atoms in total. The summed E-state index contributed by atoms with van der Waals surface area (Å²) in [5.74, 6) is -3.62. The van der Waals surface area contributed by atoms with Gasteiger partial charge in [-0.05, 0) is 24.6 Å². The summed E-state index contributed by atoms with van der Waals surface area (Å²) < 4.78 is 51.0. The van der Waals surface area contributed by atoms with Gasteiger partial charge in [0, 0.05) is 0 Å². The molecule has 3 N–H and O–H groups in total. The Kier molecular flexibility index (Phi) is 5.86. The predicted octanol–water partition coefficient (Wildman–Crippen LogP) is 1.67. The lowest BCUT2D eigenvalue weighted by Crippen LogP contribution is -2.43. The highest BCUT2D eigenvalue weighted by Gasteiger charge is 2.31. The van der Waals surface area contributed by atoms with Crippen molar-refractivity contribution in [3.8, 4) is 0 Å². The average molecular weight is 322 g/mol. The maximum atomic E-state index is 13.4. The minimum Gasteiger partial charge on any atom is -0.394 e. The molecule has 0 radical (unpaired) electrons. The molecule has 0 saturated carbocycles. The highest BCUT2D eigenvalue weighted by Crippen LogP contribution is 2.31. The summed E-state index contributed by atoms with van der Waals surface area (Å²) in [5.41, 5.74) is -1.92. The van der Waals surface area contributed by atoms with Crippen molar-refractivity contribution in [2.45, 2.75) is 25.6 Å².